The number of hydrogen-bond acceptors (Lipinski definition) is 4. The van der Waals surface area contributed by atoms with Crippen molar-refractivity contribution in [3.05, 3.63) is 41.1 Å². The van der Waals surface area contributed by atoms with Crippen molar-refractivity contribution >= 4 is 5.91 Å². The molecular formula is C19H28N4O2. The van der Waals surface area contributed by atoms with Gasteiger partial charge in [0.1, 0.15) is 5.76 Å². The van der Waals surface area contributed by atoms with Gasteiger partial charge in [0, 0.05) is 31.4 Å². The van der Waals surface area contributed by atoms with Crippen LogP contribution in [0.15, 0.2) is 22.8 Å². The molecule has 1 atom stereocenters. The number of aryl methyl sites for hydroxylation is 1. The van der Waals surface area contributed by atoms with E-state index in [0.717, 1.165) is 43.7 Å². The highest BCUT2D eigenvalue weighted by atomic mass is 16.3. The van der Waals surface area contributed by atoms with E-state index >= 15 is 0 Å². The van der Waals surface area contributed by atoms with Crippen molar-refractivity contribution in [1.82, 2.24) is 19.6 Å². The molecule has 1 unspecified atom stereocenters. The molecule has 0 spiro atoms. The van der Waals surface area contributed by atoms with E-state index in [1.807, 2.05) is 23.9 Å². The van der Waals surface area contributed by atoms with Crippen molar-refractivity contribution in [2.75, 3.05) is 20.1 Å². The van der Waals surface area contributed by atoms with Crippen molar-refractivity contribution < 1.29 is 9.21 Å². The lowest BCUT2D eigenvalue weighted by atomic mass is 9.90. The minimum atomic E-state index is -0.0338. The Hall–Kier alpha value is -2.08. The highest BCUT2D eigenvalue weighted by molar-refractivity contribution is 5.94. The lowest BCUT2D eigenvalue weighted by Crippen LogP contribution is -2.39. The average molecular weight is 344 g/mol. The van der Waals surface area contributed by atoms with Gasteiger partial charge in [0.05, 0.1) is 12.8 Å². The molecule has 1 amide bonds. The smallest absolute Gasteiger partial charge is 0.274 e. The van der Waals surface area contributed by atoms with Gasteiger partial charge in [-0.05, 0) is 44.5 Å². The van der Waals surface area contributed by atoms with Gasteiger partial charge in [0.2, 0.25) is 0 Å². The third-order valence-corrected chi connectivity index (χ3v) is 5.28. The van der Waals surface area contributed by atoms with Crippen LogP contribution in [-0.4, -0.2) is 51.7 Å². The van der Waals surface area contributed by atoms with Crippen LogP contribution < -0.4 is 0 Å². The quantitative estimate of drug-likeness (QED) is 0.808. The molecule has 0 saturated heterocycles. The number of fused-ring (bicyclic) bond motifs is 1. The molecule has 0 aromatic carbocycles. The summed E-state index contributed by atoms with van der Waals surface area (Å²) >= 11 is 0. The van der Waals surface area contributed by atoms with Crippen molar-refractivity contribution in [2.24, 2.45) is 7.05 Å². The first kappa shape index (κ1) is 17.7. The van der Waals surface area contributed by atoms with Crippen molar-refractivity contribution in [1.29, 1.82) is 0 Å². The molecular weight excluding hydrogens is 316 g/mol. The summed E-state index contributed by atoms with van der Waals surface area (Å²) in [6, 6.07) is 4.22. The van der Waals surface area contributed by atoms with Crippen LogP contribution in [0.2, 0.25) is 0 Å². The van der Waals surface area contributed by atoms with Crippen LogP contribution >= 0.6 is 0 Å². The summed E-state index contributed by atoms with van der Waals surface area (Å²) < 4.78 is 7.25. The van der Waals surface area contributed by atoms with Gasteiger partial charge in [-0.3, -0.25) is 9.48 Å². The molecule has 1 aliphatic carbocycles. The van der Waals surface area contributed by atoms with Crippen LogP contribution in [-0.2, 0) is 26.4 Å². The summed E-state index contributed by atoms with van der Waals surface area (Å²) in [5, 5.41) is 4.56. The first-order valence-electron chi connectivity index (χ1n) is 9.11. The number of aromatic nitrogens is 2. The summed E-state index contributed by atoms with van der Waals surface area (Å²) in [7, 11) is 3.75. The number of likely N-dealkylation sites (N-methyl/N-ethyl adjacent to an activating group) is 1. The number of furan rings is 1. The monoisotopic (exact) mass is 344 g/mol. The minimum Gasteiger partial charge on any atom is -0.467 e. The van der Waals surface area contributed by atoms with E-state index in [4.69, 9.17) is 4.42 Å². The molecule has 25 heavy (non-hydrogen) atoms. The standard InChI is InChI=1S/C19H28N4O2/c1-5-23(6-2)14-9-10-17-16(12-14)18(20-22(17)4)19(24)21(3)13-15-8-7-11-25-15/h7-8,11,14H,5-6,9-10,12-13H2,1-4H3. The first-order chi connectivity index (χ1) is 12.0. The maximum absolute atomic E-state index is 13.0. The van der Waals surface area contributed by atoms with Gasteiger partial charge >= 0.3 is 0 Å². The van der Waals surface area contributed by atoms with Crippen molar-refractivity contribution in [2.45, 2.75) is 45.7 Å². The fourth-order valence-electron chi connectivity index (χ4n) is 3.88. The van der Waals surface area contributed by atoms with E-state index in [0.29, 0.717) is 18.3 Å². The van der Waals surface area contributed by atoms with Crippen LogP contribution in [0.4, 0.5) is 0 Å². The molecule has 0 saturated carbocycles. The van der Waals surface area contributed by atoms with E-state index < -0.39 is 0 Å². The maximum atomic E-state index is 13.0. The fraction of sp³-hybridized carbons (Fsp3) is 0.579. The molecule has 1 aliphatic rings. The lowest BCUT2D eigenvalue weighted by Gasteiger charge is -2.33. The second-order valence-electron chi connectivity index (χ2n) is 6.76. The Morgan fingerprint density at radius 3 is 2.80 bits per heavy atom. The van der Waals surface area contributed by atoms with Gasteiger partial charge in [-0.1, -0.05) is 13.8 Å². The molecule has 3 rings (SSSR count). The Morgan fingerprint density at radius 1 is 1.40 bits per heavy atom. The molecule has 2 aromatic rings. The largest absolute Gasteiger partial charge is 0.467 e. The Morgan fingerprint density at radius 2 is 2.16 bits per heavy atom. The van der Waals surface area contributed by atoms with Gasteiger partial charge in [0.15, 0.2) is 5.69 Å². The predicted molar refractivity (Wildman–Crippen MR) is 96.4 cm³/mol. The molecule has 0 fully saturated rings. The van der Waals surface area contributed by atoms with Crippen LogP contribution in [0.3, 0.4) is 0 Å². The Bertz CT molecular complexity index is 716. The van der Waals surface area contributed by atoms with Crippen molar-refractivity contribution in [3.8, 4) is 0 Å². The van der Waals surface area contributed by atoms with Crippen LogP contribution in [0, 0.1) is 0 Å². The number of carbonyl (C=O) groups is 1. The maximum Gasteiger partial charge on any atom is 0.274 e. The van der Waals surface area contributed by atoms with E-state index in [-0.39, 0.29) is 5.91 Å². The number of carbonyl (C=O) groups excluding carboxylic acids is 1. The summed E-state index contributed by atoms with van der Waals surface area (Å²) in [5.41, 5.74) is 2.93. The Labute approximate surface area is 149 Å². The van der Waals surface area contributed by atoms with E-state index in [2.05, 4.69) is 23.8 Å². The van der Waals surface area contributed by atoms with Crippen molar-refractivity contribution in [3.63, 3.8) is 0 Å². The van der Waals surface area contributed by atoms with Gasteiger partial charge in [0.25, 0.3) is 5.91 Å². The third kappa shape index (κ3) is 3.49. The predicted octanol–water partition coefficient (Wildman–Crippen LogP) is 2.48. The molecule has 2 heterocycles. The van der Waals surface area contributed by atoms with Gasteiger partial charge in [-0.25, -0.2) is 0 Å². The molecule has 6 nitrogen and oxygen atoms in total. The zero-order valence-electron chi connectivity index (χ0n) is 15.7. The topological polar surface area (TPSA) is 54.5 Å². The zero-order valence-corrected chi connectivity index (χ0v) is 15.7. The molecule has 0 bridgehead atoms. The number of rotatable bonds is 6. The van der Waals surface area contributed by atoms with E-state index in [1.165, 1.54) is 5.69 Å². The molecule has 0 aliphatic heterocycles. The zero-order chi connectivity index (χ0) is 18.0. The van der Waals surface area contributed by atoms with Gasteiger partial charge in [-0.15, -0.1) is 0 Å². The minimum absolute atomic E-state index is 0.0338. The van der Waals surface area contributed by atoms with Crippen LogP contribution in [0.5, 0.6) is 0 Å². The number of nitrogens with zero attached hydrogens (tertiary/aromatic N) is 4. The Balaban J connectivity index is 1.82. The second-order valence-corrected chi connectivity index (χ2v) is 6.76. The highest BCUT2D eigenvalue weighted by Gasteiger charge is 2.31. The summed E-state index contributed by atoms with van der Waals surface area (Å²) in [6.07, 6.45) is 4.64. The first-order valence-corrected chi connectivity index (χ1v) is 9.11. The molecule has 136 valence electrons. The van der Waals surface area contributed by atoms with Gasteiger partial charge < -0.3 is 14.2 Å². The Kier molecular flexibility index (Phi) is 5.27. The molecule has 6 heteroatoms. The summed E-state index contributed by atoms with van der Waals surface area (Å²) in [6.45, 7) is 6.93. The average Bonchev–Trinajstić information content (AvgIpc) is 3.23. The summed E-state index contributed by atoms with van der Waals surface area (Å²) in [5.74, 6) is 0.745. The van der Waals surface area contributed by atoms with Crippen LogP contribution in [0.1, 0.15) is 47.8 Å². The SMILES string of the molecule is CCN(CC)C1CCc2c(c(C(=O)N(C)Cc3ccco3)nn2C)C1. The molecule has 0 N–H and O–H groups in total. The highest BCUT2D eigenvalue weighted by Crippen LogP contribution is 2.28. The second kappa shape index (κ2) is 7.44. The van der Waals surface area contributed by atoms with E-state index in [9.17, 15) is 4.79 Å². The number of hydrogen-bond donors (Lipinski definition) is 0. The lowest BCUT2D eigenvalue weighted by molar-refractivity contribution is 0.0767. The number of amides is 1. The van der Waals surface area contributed by atoms with Crippen LogP contribution in [0.25, 0.3) is 0 Å². The molecule has 2 aromatic heterocycles. The fourth-order valence-corrected chi connectivity index (χ4v) is 3.88. The van der Waals surface area contributed by atoms with E-state index in [1.54, 1.807) is 18.2 Å². The normalized spacial score (nSPS) is 16.9. The summed E-state index contributed by atoms with van der Waals surface area (Å²) in [4.78, 5) is 17.1. The third-order valence-electron chi connectivity index (χ3n) is 5.28. The molecule has 0 radical (unpaired) electrons. The van der Waals surface area contributed by atoms with Gasteiger partial charge in [-0.2, -0.15) is 5.10 Å².